The van der Waals surface area contributed by atoms with Gasteiger partial charge in [0.05, 0.1) is 10.7 Å². The second-order valence-corrected chi connectivity index (χ2v) is 8.58. The molecule has 0 N–H and O–H groups in total. The van der Waals surface area contributed by atoms with Crippen LogP contribution < -0.4 is 23.0 Å². The van der Waals surface area contributed by atoms with E-state index in [1.54, 1.807) is 19.1 Å². The molecule has 0 bridgehead atoms. The monoisotopic (exact) mass is 446 g/mol. The Morgan fingerprint density at radius 3 is 2.31 bits per heavy atom. The zero-order chi connectivity index (χ0) is 20.6. The third-order valence-corrected chi connectivity index (χ3v) is 5.85. The zero-order valence-electron chi connectivity index (χ0n) is 17.2. The third-order valence-electron chi connectivity index (χ3n) is 4.07. The maximum atomic E-state index is 13.0. The average Bonchev–Trinajstić information content (AvgIpc) is 2.87. The first-order valence-corrected chi connectivity index (χ1v) is 10.3. The summed E-state index contributed by atoms with van der Waals surface area (Å²) in [6.45, 7) is 3.43. The van der Waals surface area contributed by atoms with Gasteiger partial charge in [0.15, 0.2) is 0 Å². The summed E-state index contributed by atoms with van der Waals surface area (Å²) in [6.07, 6.45) is 0. The standard InChI is InChI=1S/C19H16Cl2N2O4S.Li.H/c1-11-4-7-14(8-5-11)28(25,26)27-19-17(12(2)22-23(19)3)18(24)15-9-6-13(20)10-16(15)21;;/h4-10H,1-3H3;;/q;+1;-1. The minimum Gasteiger partial charge on any atom is -1.00 e. The van der Waals surface area contributed by atoms with E-state index < -0.39 is 15.9 Å². The largest absolute Gasteiger partial charge is 1.00 e. The van der Waals surface area contributed by atoms with E-state index in [-0.39, 0.29) is 47.2 Å². The number of rotatable bonds is 5. The van der Waals surface area contributed by atoms with Gasteiger partial charge in [0.25, 0.3) is 0 Å². The van der Waals surface area contributed by atoms with Crippen LogP contribution in [-0.2, 0) is 17.2 Å². The molecule has 1 heterocycles. The molecule has 0 atom stereocenters. The molecular weight excluding hydrogens is 430 g/mol. The summed E-state index contributed by atoms with van der Waals surface area (Å²) in [5.74, 6) is -0.699. The SMILES string of the molecule is Cc1ccc(S(=O)(=O)Oc2c(C(=O)c3ccc(Cl)cc3Cl)c(C)nn2C)cc1.[H-].[Li+]. The van der Waals surface area contributed by atoms with E-state index in [1.807, 2.05) is 6.92 Å². The summed E-state index contributed by atoms with van der Waals surface area (Å²) in [6, 6.07) is 10.6. The van der Waals surface area contributed by atoms with E-state index in [0.717, 1.165) is 5.56 Å². The van der Waals surface area contributed by atoms with E-state index in [4.69, 9.17) is 27.4 Å². The minimum absolute atomic E-state index is 0. The summed E-state index contributed by atoms with van der Waals surface area (Å²) in [7, 11) is -2.67. The molecule has 1 aromatic heterocycles. The topological polar surface area (TPSA) is 78.3 Å². The van der Waals surface area contributed by atoms with Gasteiger partial charge in [-0.05, 0) is 44.2 Å². The van der Waals surface area contributed by atoms with Gasteiger partial charge in [0, 0.05) is 17.6 Å². The van der Waals surface area contributed by atoms with Crippen molar-refractivity contribution in [3.63, 3.8) is 0 Å². The Morgan fingerprint density at radius 1 is 1.10 bits per heavy atom. The summed E-state index contributed by atoms with van der Waals surface area (Å²) in [5.41, 5.74) is 1.40. The number of carbonyl (C=O) groups excluding carboxylic acids is 1. The van der Waals surface area contributed by atoms with Gasteiger partial charge in [0.2, 0.25) is 11.7 Å². The molecule has 10 heteroatoms. The Labute approximate surface area is 192 Å². The molecule has 3 rings (SSSR count). The van der Waals surface area contributed by atoms with Crippen molar-refractivity contribution in [2.45, 2.75) is 18.7 Å². The van der Waals surface area contributed by atoms with Crippen molar-refractivity contribution in [3.05, 3.63) is 74.9 Å². The van der Waals surface area contributed by atoms with Crippen LogP contribution in [0.3, 0.4) is 0 Å². The molecule has 0 spiro atoms. The van der Waals surface area contributed by atoms with Crippen LogP contribution in [0.1, 0.15) is 28.6 Å². The number of nitrogens with zero attached hydrogens (tertiary/aromatic N) is 2. The number of carbonyl (C=O) groups is 1. The molecule has 0 saturated carbocycles. The molecule has 0 saturated heterocycles. The van der Waals surface area contributed by atoms with E-state index in [0.29, 0.717) is 10.7 Å². The van der Waals surface area contributed by atoms with Gasteiger partial charge in [-0.2, -0.15) is 13.5 Å². The van der Waals surface area contributed by atoms with Crippen molar-refractivity contribution in [2.75, 3.05) is 0 Å². The smallest absolute Gasteiger partial charge is 1.00 e. The molecule has 0 amide bonds. The number of aryl methyl sites for hydroxylation is 3. The molecule has 0 aliphatic carbocycles. The summed E-state index contributed by atoms with van der Waals surface area (Å²) in [4.78, 5) is 13.0. The molecule has 0 fully saturated rings. The van der Waals surface area contributed by atoms with Gasteiger partial charge in [0.1, 0.15) is 10.5 Å². The van der Waals surface area contributed by atoms with Crippen molar-refractivity contribution in [1.29, 1.82) is 0 Å². The van der Waals surface area contributed by atoms with Gasteiger partial charge in [-0.1, -0.05) is 40.9 Å². The van der Waals surface area contributed by atoms with Crippen molar-refractivity contribution in [2.24, 2.45) is 7.05 Å². The summed E-state index contributed by atoms with van der Waals surface area (Å²) < 4.78 is 31.9. The quantitative estimate of drug-likeness (QED) is 0.336. The second kappa shape index (κ2) is 8.95. The Hall–Kier alpha value is -1.75. The molecule has 0 unspecified atom stereocenters. The van der Waals surface area contributed by atoms with Gasteiger partial charge in [-0.3, -0.25) is 4.79 Å². The number of halogens is 2. The van der Waals surface area contributed by atoms with Crippen LogP contribution >= 0.6 is 23.2 Å². The van der Waals surface area contributed by atoms with Crippen LogP contribution in [0.4, 0.5) is 0 Å². The number of hydrogen-bond donors (Lipinski definition) is 0. The first-order chi connectivity index (χ1) is 13.1. The van der Waals surface area contributed by atoms with E-state index in [9.17, 15) is 13.2 Å². The van der Waals surface area contributed by atoms with Gasteiger partial charge in [-0.15, -0.1) is 0 Å². The summed E-state index contributed by atoms with van der Waals surface area (Å²) >= 11 is 12.0. The average molecular weight is 447 g/mol. The molecule has 6 nitrogen and oxygen atoms in total. The van der Waals surface area contributed by atoms with E-state index in [2.05, 4.69) is 5.10 Å². The van der Waals surface area contributed by atoms with Crippen molar-refractivity contribution < 1.29 is 37.7 Å². The van der Waals surface area contributed by atoms with Gasteiger partial charge >= 0.3 is 29.0 Å². The Kier molecular flexibility index (Phi) is 7.26. The number of hydrogen-bond acceptors (Lipinski definition) is 5. The Morgan fingerprint density at radius 2 is 1.72 bits per heavy atom. The zero-order valence-corrected chi connectivity index (χ0v) is 18.6. The van der Waals surface area contributed by atoms with Crippen molar-refractivity contribution in [3.8, 4) is 5.88 Å². The molecule has 148 valence electrons. The molecule has 3 aromatic rings. The molecular formula is C19H17Cl2LiN2O4S. The predicted octanol–water partition coefficient (Wildman–Crippen LogP) is 1.46. The van der Waals surface area contributed by atoms with Gasteiger partial charge in [-0.25, -0.2) is 4.68 Å². The van der Waals surface area contributed by atoms with Crippen LogP contribution in [0.5, 0.6) is 5.88 Å². The minimum atomic E-state index is -4.16. The van der Waals surface area contributed by atoms with Gasteiger partial charge < -0.3 is 5.61 Å². The molecule has 0 aliphatic heterocycles. The number of benzene rings is 2. The Bertz CT molecular complexity index is 1180. The molecule has 2 aromatic carbocycles. The third kappa shape index (κ3) is 4.88. The first kappa shape index (κ1) is 23.5. The van der Waals surface area contributed by atoms with Crippen molar-refractivity contribution >= 4 is 39.1 Å². The van der Waals surface area contributed by atoms with E-state index >= 15 is 0 Å². The summed E-state index contributed by atoms with van der Waals surface area (Å²) in [5, 5.41) is 4.66. The van der Waals surface area contributed by atoms with Crippen molar-refractivity contribution in [1.82, 2.24) is 9.78 Å². The number of ketones is 1. The second-order valence-electron chi connectivity index (χ2n) is 6.19. The van der Waals surface area contributed by atoms with Crippen LogP contribution in [0.25, 0.3) is 0 Å². The maximum Gasteiger partial charge on any atom is 1.00 e. The first-order valence-electron chi connectivity index (χ1n) is 8.14. The van der Waals surface area contributed by atoms with E-state index in [1.165, 1.54) is 42.1 Å². The fourth-order valence-electron chi connectivity index (χ4n) is 2.66. The number of aromatic nitrogens is 2. The van der Waals surface area contributed by atoms with Crippen LogP contribution in [0, 0.1) is 13.8 Å². The van der Waals surface area contributed by atoms with Crippen LogP contribution in [0.2, 0.25) is 10.0 Å². The molecule has 0 radical (unpaired) electrons. The normalized spacial score (nSPS) is 11.1. The molecule has 29 heavy (non-hydrogen) atoms. The predicted molar refractivity (Wildman–Crippen MR) is 108 cm³/mol. The fourth-order valence-corrected chi connectivity index (χ4v) is 4.12. The fraction of sp³-hybridized carbons (Fsp3) is 0.158. The maximum absolute atomic E-state index is 13.0. The Balaban J connectivity index is 0.00000225. The van der Waals surface area contributed by atoms with Crippen LogP contribution in [-0.4, -0.2) is 24.0 Å². The van der Waals surface area contributed by atoms with Crippen LogP contribution in [0.15, 0.2) is 47.4 Å². The molecule has 0 aliphatic rings.